The van der Waals surface area contributed by atoms with Gasteiger partial charge in [0, 0.05) is 0 Å². The second kappa shape index (κ2) is 7.04. The molecule has 5 aliphatic rings. The van der Waals surface area contributed by atoms with Crippen molar-refractivity contribution in [2.75, 3.05) is 5.01 Å². The number of amides is 1. The van der Waals surface area contributed by atoms with Crippen molar-refractivity contribution < 1.29 is 9.90 Å². The van der Waals surface area contributed by atoms with Gasteiger partial charge in [0.2, 0.25) is 5.88 Å². The molecule has 33 heavy (non-hydrogen) atoms. The number of hydrogen-bond donors (Lipinski definition) is 3. The second-order valence-corrected chi connectivity index (χ2v) is 10.3. The Morgan fingerprint density at radius 3 is 2.18 bits per heavy atom. The van der Waals surface area contributed by atoms with Crippen LogP contribution in [0.1, 0.15) is 56.6 Å². The Labute approximate surface area is 190 Å². The third-order valence-corrected chi connectivity index (χ3v) is 8.07. The van der Waals surface area contributed by atoms with E-state index in [0.29, 0.717) is 11.4 Å². The van der Waals surface area contributed by atoms with Crippen LogP contribution in [0.25, 0.3) is 6.08 Å². The molecular formula is C25H26N4O4. The number of aromatic hydroxyl groups is 1. The molecule has 4 aliphatic carbocycles. The molecule has 0 saturated heterocycles. The molecule has 8 nitrogen and oxygen atoms in total. The fraction of sp³-hybridized carbons (Fsp3) is 0.440. The van der Waals surface area contributed by atoms with Crippen LogP contribution in [0, 0.1) is 17.8 Å². The number of nitrogens with one attached hydrogen (secondary N) is 2. The lowest BCUT2D eigenvalue weighted by atomic mass is 9.48. The van der Waals surface area contributed by atoms with Gasteiger partial charge in [-0.2, -0.15) is 10.1 Å². The van der Waals surface area contributed by atoms with Crippen molar-refractivity contribution in [2.45, 2.75) is 50.9 Å². The highest BCUT2D eigenvalue weighted by Gasteiger charge is 2.51. The molecule has 7 rings (SSSR count). The Hall–Kier alpha value is -3.42. The van der Waals surface area contributed by atoms with E-state index in [9.17, 15) is 19.5 Å². The SMILES string of the molecule is CC1=NN(c2ccc(C34CC5CC(CC(C5)C3)C4)cc2)C(=O)C1=Cc1c(O)[nH]c(=O)[nH]c1=O. The average molecular weight is 447 g/mol. The summed E-state index contributed by atoms with van der Waals surface area (Å²) >= 11 is 0. The molecule has 8 heteroatoms. The molecule has 1 aliphatic heterocycles. The lowest BCUT2D eigenvalue weighted by molar-refractivity contribution is -0.114. The van der Waals surface area contributed by atoms with E-state index in [1.165, 1.54) is 55.2 Å². The predicted molar refractivity (Wildman–Crippen MR) is 124 cm³/mol. The summed E-state index contributed by atoms with van der Waals surface area (Å²) in [7, 11) is 0. The largest absolute Gasteiger partial charge is 0.494 e. The van der Waals surface area contributed by atoms with E-state index in [1.54, 1.807) is 6.92 Å². The van der Waals surface area contributed by atoms with Crippen LogP contribution in [0.3, 0.4) is 0 Å². The molecule has 1 amide bonds. The van der Waals surface area contributed by atoms with Crippen LogP contribution in [-0.2, 0) is 10.2 Å². The number of aromatic amines is 2. The van der Waals surface area contributed by atoms with E-state index in [2.05, 4.69) is 27.2 Å². The summed E-state index contributed by atoms with van der Waals surface area (Å²) in [6.45, 7) is 1.67. The minimum atomic E-state index is -0.816. The van der Waals surface area contributed by atoms with E-state index >= 15 is 0 Å². The van der Waals surface area contributed by atoms with Crippen LogP contribution >= 0.6 is 0 Å². The lowest BCUT2D eigenvalue weighted by Gasteiger charge is -2.57. The van der Waals surface area contributed by atoms with Crippen LogP contribution in [-0.4, -0.2) is 26.7 Å². The second-order valence-electron chi connectivity index (χ2n) is 10.3. The molecule has 1 aromatic carbocycles. The first-order valence-electron chi connectivity index (χ1n) is 11.6. The Morgan fingerprint density at radius 1 is 1.00 bits per heavy atom. The van der Waals surface area contributed by atoms with Crippen molar-refractivity contribution in [3.8, 4) is 5.88 Å². The number of carbonyl (C=O) groups excluding carboxylic acids is 1. The molecule has 4 saturated carbocycles. The zero-order valence-electron chi connectivity index (χ0n) is 18.4. The van der Waals surface area contributed by atoms with Gasteiger partial charge in [0.25, 0.3) is 11.5 Å². The number of hydrogen-bond acceptors (Lipinski definition) is 5. The zero-order valence-corrected chi connectivity index (χ0v) is 18.4. The summed E-state index contributed by atoms with van der Waals surface area (Å²) in [5, 5.41) is 15.7. The molecule has 2 aromatic rings. The first kappa shape index (κ1) is 20.2. The topological polar surface area (TPSA) is 119 Å². The fourth-order valence-corrected chi connectivity index (χ4v) is 7.04. The third-order valence-electron chi connectivity index (χ3n) is 8.07. The first-order valence-corrected chi connectivity index (χ1v) is 11.6. The van der Waals surface area contributed by atoms with E-state index in [-0.39, 0.29) is 22.5 Å². The van der Waals surface area contributed by atoms with Crippen LogP contribution in [0.2, 0.25) is 0 Å². The number of aromatic nitrogens is 2. The number of carbonyl (C=O) groups is 1. The molecular weight excluding hydrogens is 420 g/mol. The minimum Gasteiger partial charge on any atom is -0.494 e. The third kappa shape index (κ3) is 3.19. The summed E-state index contributed by atoms with van der Waals surface area (Å²) in [6.07, 6.45) is 9.30. The Kier molecular flexibility index (Phi) is 4.31. The molecule has 0 unspecified atom stereocenters. The van der Waals surface area contributed by atoms with E-state index < -0.39 is 17.1 Å². The monoisotopic (exact) mass is 446 g/mol. The Bertz CT molecular complexity index is 1300. The van der Waals surface area contributed by atoms with E-state index in [1.807, 2.05) is 12.1 Å². The summed E-state index contributed by atoms with van der Waals surface area (Å²) in [4.78, 5) is 40.6. The minimum absolute atomic E-state index is 0.188. The first-order chi connectivity index (χ1) is 15.8. The molecule has 2 heterocycles. The maximum Gasteiger partial charge on any atom is 0.328 e. The molecule has 0 atom stereocenters. The van der Waals surface area contributed by atoms with Crippen LogP contribution < -0.4 is 16.3 Å². The van der Waals surface area contributed by atoms with Gasteiger partial charge in [0.05, 0.1) is 17.0 Å². The summed E-state index contributed by atoms with van der Waals surface area (Å²) in [5.74, 6) is 1.62. The summed E-state index contributed by atoms with van der Waals surface area (Å²) in [6, 6.07) is 8.22. The number of nitrogens with zero attached hydrogens (tertiary/aromatic N) is 2. The van der Waals surface area contributed by atoms with Gasteiger partial charge in [-0.15, -0.1) is 0 Å². The van der Waals surface area contributed by atoms with Crippen LogP contribution in [0.5, 0.6) is 5.88 Å². The normalized spacial score (nSPS) is 31.5. The van der Waals surface area contributed by atoms with Crippen molar-refractivity contribution >= 4 is 23.4 Å². The van der Waals surface area contributed by atoms with Crippen LogP contribution in [0.15, 0.2) is 44.5 Å². The van der Waals surface area contributed by atoms with Gasteiger partial charge in [-0.05, 0) is 92.4 Å². The maximum absolute atomic E-state index is 13.1. The van der Waals surface area contributed by atoms with Crippen molar-refractivity contribution in [3.63, 3.8) is 0 Å². The van der Waals surface area contributed by atoms with Crippen molar-refractivity contribution in [1.29, 1.82) is 0 Å². The maximum atomic E-state index is 13.1. The van der Waals surface area contributed by atoms with Gasteiger partial charge in [-0.3, -0.25) is 19.6 Å². The summed E-state index contributed by atoms with van der Waals surface area (Å²) in [5.41, 5.74) is 1.16. The molecule has 1 aromatic heterocycles. The smallest absolute Gasteiger partial charge is 0.328 e. The van der Waals surface area contributed by atoms with Gasteiger partial charge in [0.15, 0.2) is 0 Å². The van der Waals surface area contributed by atoms with Gasteiger partial charge in [-0.1, -0.05) is 12.1 Å². The fourth-order valence-electron chi connectivity index (χ4n) is 7.04. The number of H-pyrrole nitrogens is 2. The van der Waals surface area contributed by atoms with Gasteiger partial charge in [0.1, 0.15) is 5.56 Å². The molecule has 170 valence electrons. The Balaban J connectivity index is 1.28. The molecule has 3 N–H and O–H groups in total. The average Bonchev–Trinajstić information content (AvgIpc) is 3.03. The van der Waals surface area contributed by atoms with Crippen molar-refractivity contribution in [2.24, 2.45) is 22.9 Å². The molecule has 0 radical (unpaired) electrons. The Morgan fingerprint density at radius 2 is 1.61 bits per heavy atom. The summed E-state index contributed by atoms with van der Waals surface area (Å²) < 4.78 is 0. The number of benzene rings is 1. The van der Waals surface area contributed by atoms with Gasteiger partial charge >= 0.3 is 5.69 Å². The number of rotatable bonds is 3. The highest BCUT2D eigenvalue weighted by Crippen LogP contribution is 2.60. The molecule has 4 bridgehead atoms. The van der Waals surface area contributed by atoms with Crippen LogP contribution in [0.4, 0.5) is 5.69 Å². The number of hydrazone groups is 1. The highest BCUT2D eigenvalue weighted by molar-refractivity contribution is 6.32. The standard InChI is InChI=1S/C25H26N4O4/c1-13-19(9-20-21(30)26-24(33)27-22(20)31)23(32)29(28-13)18-4-2-17(3-5-18)25-10-14-6-15(11-25)8-16(7-14)12-25/h2-5,9,14-16H,6-8,10-12H2,1H3,(H3,26,27,30,31,33). The van der Waals surface area contributed by atoms with E-state index in [4.69, 9.17) is 0 Å². The van der Waals surface area contributed by atoms with Crippen molar-refractivity contribution in [1.82, 2.24) is 9.97 Å². The highest BCUT2D eigenvalue weighted by atomic mass is 16.3. The molecule has 0 spiro atoms. The quantitative estimate of drug-likeness (QED) is 0.628. The molecule has 4 fully saturated rings. The lowest BCUT2D eigenvalue weighted by Crippen LogP contribution is -2.48. The van der Waals surface area contributed by atoms with Crippen molar-refractivity contribution in [3.05, 3.63) is 61.8 Å². The zero-order chi connectivity index (χ0) is 22.9. The van der Waals surface area contributed by atoms with Gasteiger partial charge < -0.3 is 5.11 Å². The number of anilines is 1. The predicted octanol–water partition coefficient (Wildman–Crippen LogP) is 3.04. The van der Waals surface area contributed by atoms with E-state index in [0.717, 1.165) is 17.8 Å². The van der Waals surface area contributed by atoms with Gasteiger partial charge in [-0.25, -0.2) is 4.79 Å².